The lowest BCUT2D eigenvalue weighted by Crippen LogP contribution is -2.15. The molecule has 0 saturated heterocycles. The third-order valence-corrected chi connectivity index (χ3v) is 6.13. The van der Waals surface area contributed by atoms with E-state index >= 15 is 0 Å². The number of amides is 1. The summed E-state index contributed by atoms with van der Waals surface area (Å²) >= 11 is 7.70. The molecule has 2 aromatic carbocycles. The maximum atomic E-state index is 13.8. The summed E-state index contributed by atoms with van der Waals surface area (Å²) in [7, 11) is 1.56. The molecule has 0 bridgehead atoms. The number of thiophene rings is 1. The average molecular weight is 471 g/mol. The van der Waals surface area contributed by atoms with Gasteiger partial charge in [0.25, 0.3) is 5.91 Å². The quantitative estimate of drug-likeness (QED) is 0.342. The third kappa shape index (κ3) is 4.35. The van der Waals surface area contributed by atoms with Gasteiger partial charge in [-0.05, 0) is 54.4 Å². The smallest absolute Gasteiger partial charge is 0.261 e. The molecule has 0 atom stereocenters. The summed E-state index contributed by atoms with van der Waals surface area (Å²) < 4.78 is 33.0. The van der Waals surface area contributed by atoms with Gasteiger partial charge in [0.1, 0.15) is 17.2 Å². The van der Waals surface area contributed by atoms with Crippen LogP contribution in [0.4, 0.5) is 14.5 Å². The Hall–Kier alpha value is -3.29. The molecule has 0 aliphatic rings. The number of hydrogen-bond acceptors (Lipinski definition) is 4. The first-order chi connectivity index (χ1) is 15.4. The van der Waals surface area contributed by atoms with Crippen molar-refractivity contribution in [2.75, 3.05) is 12.4 Å². The van der Waals surface area contributed by atoms with Crippen LogP contribution in [0.15, 0.2) is 60.8 Å². The number of methoxy groups -OCH3 is 1. The van der Waals surface area contributed by atoms with Gasteiger partial charge >= 0.3 is 0 Å². The molecule has 0 aliphatic carbocycles. The van der Waals surface area contributed by atoms with Crippen LogP contribution in [0.3, 0.4) is 0 Å². The number of carbonyl (C=O) groups is 1. The number of halogens is 3. The topological polar surface area (TPSA) is 51.2 Å². The van der Waals surface area contributed by atoms with Gasteiger partial charge in [-0.2, -0.15) is 0 Å². The molecule has 162 valence electrons. The molecule has 4 nitrogen and oxygen atoms in total. The minimum absolute atomic E-state index is 0.426. The number of carbonyl (C=O) groups excluding carboxylic acids is 1. The summed E-state index contributed by atoms with van der Waals surface area (Å²) in [6.07, 6.45) is 1.53. The van der Waals surface area contributed by atoms with Gasteiger partial charge in [0.15, 0.2) is 0 Å². The van der Waals surface area contributed by atoms with Gasteiger partial charge in [-0.1, -0.05) is 29.8 Å². The standard InChI is InChI=1S/C24H17ClF2N2O2S/c1-13-17(11-21(32-13)18-10-15(25)12-28-24(18)31-2)14-6-8-16(9-7-14)29-23(30)22-19(26)4-3-5-20(22)27/h3-12H,1-2H3,(H,29,30). The Balaban J connectivity index is 1.59. The lowest BCUT2D eigenvalue weighted by Gasteiger charge is -2.08. The first-order valence-electron chi connectivity index (χ1n) is 9.53. The molecule has 2 aromatic heterocycles. The van der Waals surface area contributed by atoms with E-state index in [0.29, 0.717) is 16.6 Å². The van der Waals surface area contributed by atoms with Crippen LogP contribution in [-0.4, -0.2) is 18.0 Å². The number of nitrogens with zero attached hydrogens (tertiary/aromatic N) is 1. The molecule has 1 amide bonds. The second-order valence-electron chi connectivity index (χ2n) is 6.92. The van der Waals surface area contributed by atoms with Crippen molar-refractivity contribution in [1.82, 2.24) is 4.98 Å². The number of ether oxygens (including phenoxy) is 1. The molecule has 32 heavy (non-hydrogen) atoms. The fourth-order valence-corrected chi connectivity index (χ4v) is 4.52. The van der Waals surface area contributed by atoms with E-state index in [4.69, 9.17) is 16.3 Å². The molecule has 0 spiro atoms. The lowest BCUT2D eigenvalue weighted by molar-refractivity contribution is 0.101. The number of benzene rings is 2. The van der Waals surface area contributed by atoms with Crippen molar-refractivity contribution in [2.24, 2.45) is 0 Å². The summed E-state index contributed by atoms with van der Waals surface area (Å²) in [5, 5.41) is 3.04. The van der Waals surface area contributed by atoms with Crippen molar-refractivity contribution in [2.45, 2.75) is 6.92 Å². The molecule has 0 unspecified atom stereocenters. The van der Waals surface area contributed by atoms with Gasteiger partial charge in [0.05, 0.1) is 17.7 Å². The zero-order valence-corrected chi connectivity index (χ0v) is 18.7. The maximum absolute atomic E-state index is 13.8. The summed E-state index contributed by atoms with van der Waals surface area (Å²) in [5.74, 6) is -2.18. The minimum atomic E-state index is -0.911. The van der Waals surface area contributed by atoms with Gasteiger partial charge in [0, 0.05) is 21.6 Å². The molecule has 8 heteroatoms. The van der Waals surface area contributed by atoms with Crippen molar-refractivity contribution >= 4 is 34.5 Å². The third-order valence-electron chi connectivity index (χ3n) is 4.84. The molecule has 2 heterocycles. The van der Waals surface area contributed by atoms with E-state index in [1.807, 2.05) is 31.2 Å². The van der Waals surface area contributed by atoms with Crippen LogP contribution in [0.5, 0.6) is 5.88 Å². The summed E-state index contributed by atoms with van der Waals surface area (Å²) in [6, 6.07) is 14.2. The molecule has 0 saturated carbocycles. The first-order valence-corrected chi connectivity index (χ1v) is 10.7. The highest BCUT2D eigenvalue weighted by Gasteiger charge is 2.18. The first kappa shape index (κ1) is 21.9. The second-order valence-corrected chi connectivity index (χ2v) is 8.61. The molecular formula is C24H17ClF2N2O2S. The summed E-state index contributed by atoms with van der Waals surface area (Å²) in [4.78, 5) is 18.5. The van der Waals surface area contributed by atoms with Crippen molar-refractivity contribution in [3.05, 3.63) is 87.9 Å². The predicted octanol–water partition coefficient (Wildman–Crippen LogP) is 6.98. The van der Waals surface area contributed by atoms with Crippen molar-refractivity contribution in [3.63, 3.8) is 0 Å². The van der Waals surface area contributed by atoms with Crippen molar-refractivity contribution in [3.8, 4) is 27.4 Å². The van der Waals surface area contributed by atoms with Crippen LogP contribution in [0.1, 0.15) is 15.2 Å². The van der Waals surface area contributed by atoms with Crippen LogP contribution in [0, 0.1) is 18.6 Å². The molecule has 1 N–H and O–H groups in total. The Morgan fingerprint density at radius 3 is 2.41 bits per heavy atom. The van der Waals surface area contributed by atoms with Crippen LogP contribution in [0.25, 0.3) is 21.6 Å². The number of anilines is 1. The highest BCUT2D eigenvalue weighted by atomic mass is 35.5. The normalized spacial score (nSPS) is 10.8. The van der Waals surface area contributed by atoms with Gasteiger partial charge < -0.3 is 10.1 Å². The van der Waals surface area contributed by atoms with E-state index in [1.54, 1.807) is 30.6 Å². The van der Waals surface area contributed by atoms with E-state index in [2.05, 4.69) is 10.3 Å². The SMILES string of the molecule is COc1ncc(Cl)cc1-c1cc(-c2ccc(NC(=O)c3c(F)cccc3F)cc2)c(C)s1. The zero-order chi connectivity index (χ0) is 22.8. The van der Waals surface area contributed by atoms with E-state index in [-0.39, 0.29) is 0 Å². The van der Waals surface area contributed by atoms with Crippen molar-refractivity contribution < 1.29 is 18.3 Å². The Morgan fingerprint density at radius 1 is 1.06 bits per heavy atom. The monoisotopic (exact) mass is 470 g/mol. The number of hydrogen-bond donors (Lipinski definition) is 1. The van der Waals surface area contributed by atoms with Crippen LogP contribution in [-0.2, 0) is 0 Å². The Morgan fingerprint density at radius 2 is 1.75 bits per heavy atom. The predicted molar refractivity (Wildman–Crippen MR) is 124 cm³/mol. The Kier molecular flexibility index (Phi) is 6.21. The zero-order valence-electron chi connectivity index (χ0n) is 17.1. The highest BCUT2D eigenvalue weighted by Crippen LogP contribution is 2.40. The average Bonchev–Trinajstić information content (AvgIpc) is 3.15. The summed E-state index contributed by atoms with van der Waals surface area (Å²) in [6.45, 7) is 2.00. The highest BCUT2D eigenvalue weighted by molar-refractivity contribution is 7.16. The number of rotatable bonds is 5. The maximum Gasteiger partial charge on any atom is 0.261 e. The van der Waals surface area contributed by atoms with Crippen LogP contribution < -0.4 is 10.1 Å². The van der Waals surface area contributed by atoms with Gasteiger partial charge in [-0.15, -0.1) is 11.3 Å². The van der Waals surface area contributed by atoms with Gasteiger partial charge in [-0.25, -0.2) is 13.8 Å². The largest absolute Gasteiger partial charge is 0.481 e. The number of aromatic nitrogens is 1. The molecule has 0 radical (unpaired) electrons. The van der Waals surface area contributed by atoms with E-state index < -0.39 is 23.1 Å². The Bertz CT molecular complexity index is 1290. The van der Waals surface area contributed by atoms with Gasteiger partial charge in [-0.3, -0.25) is 4.79 Å². The van der Waals surface area contributed by atoms with Crippen LogP contribution >= 0.6 is 22.9 Å². The van der Waals surface area contributed by atoms with E-state index in [1.165, 1.54) is 12.3 Å². The number of nitrogens with one attached hydrogen (secondary N) is 1. The minimum Gasteiger partial charge on any atom is -0.481 e. The number of aryl methyl sites for hydroxylation is 1. The fourth-order valence-electron chi connectivity index (χ4n) is 3.31. The fraction of sp³-hybridized carbons (Fsp3) is 0.0833. The number of pyridine rings is 1. The molecule has 4 aromatic rings. The van der Waals surface area contributed by atoms with E-state index in [9.17, 15) is 13.6 Å². The Labute approximate surface area is 192 Å². The molecule has 4 rings (SSSR count). The lowest BCUT2D eigenvalue weighted by atomic mass is 10.0. The molecule has 0 aliphatic heterocycles. The molecular weight excluding hydrogens is 454 g/mol. The molecule has 0 fully saturated rings. The van der Waals surface area contributed by atoms with Gasteiger partial charge in [0.2, 0.25) is 5.88 Å². The van der Waals surface area contributed by atoms with Crippen molar-refractivity contribution in [1.29, 1.82) is 0 Å². The summed E-state index contributed by atoms with van der Waals surface area (Å²) in [5.41, 5.74) is 2.54. The van der Waals surface area contributed by atoms with Crippen LogP contribution in [0.2, 0.25) is 5.02 Å². The van der Waals surface area contributed by atoms with E-state index in [0.717, 1.165) is 38.6 Å². The second kappa shape index (κ2) is 9.06.